The van der Waals surface area contributed by atoms with Gasteiger partial charge in [-0.3, -0.25) is 0 Å². The van der Waals surface area contributed by atoms with Gasteiger partial charge in [-0.2, -0.15) is 0 Å². The summed E-state index contributed by atoms with van der Waals surface area (Å²) in [7, 11) is 2.44. The van der Waals surface area contributed by atoms with Crippen LogP contribution in [0.2, 0.25) is 0 Å². The summed E-state index contributed by atoms with van der Waals surface area (Å²) in [5, 5.41) is 11.1. The molecule has 9 aromatic rings. The lowest BCUT2D eigenvalue weighted by atomic mass is 9.58. The number of rotatable bonds is 3. The fraction of sp³-hybridized carbons (Fsp3) is 0.167. The molecule has 10 rings (SSSR count). The fourth-order valence-electron chi connectivity index (χ4n) is 8.42. The van der Waals surface area contributed by atoms with Crippen LogP contribution in [0.25, 0.3) is 71.3 Å². The van der Waals surface area contributed by atoms with E-state index in [4.69, 9.17) is 4.42 Å². The van der Waals surface area contributed by atoms with E-state index in [-0.39, 0.29) is 10.8 Å². The first-order valence-electron chi connectivity index (χ1n) is 18.4. The van der Waals surface area contributed by atoms with Crippen molar-refractivity contribution in [2.24, 2.45) is 0 Å². The molecular weight excluding hydrogens is 631 g/mol. The summed E-state index contributed by atoms with van der Waals surface area (Å²) in [6.45, 7) is 13.7. The molecule has 0 spiro atoms. The summed E-state index contributed by atoms with van der Waals surface area (Å²) >= 11 is 0. The van der Waals surface area contributed by atoms with E-state index in [2.05, 4.69) is 186 Å². The Balaban J connectivity index is 1.29. The summed E-state index contributed by atoms with van der Waals surface area (Å²) < 4.78 is 8.94. The summed E-state index contributed by atoms with van der Waals surface area (Å²) in [6, 6.07) is 46.7. The Bertz CT molecular complexity index is 2910. The first-order chi connectivity index (χ1) is 25.0. The van der Waals surface area contributed by atoms with E-state index < -0.39 is 0 Å². The third-order valence-electron chi connectivity index (χ3n) is 11.1. The van der Waals surface area contributed by atoms with Gasteiger partial charge in [0.15, 0.2) is 7.28 Å². The van der Waals surface area contributed by atoms with Gasteiger partial charge in [-0.1, -0.05) is 132 Å². The smallest absolute Gasteiger partial charge is 0.197 e. The van der Waals surface area contributed by atoms with Gasteiger partial charge < -0.3 is 14.3 Å². The minimum Gasteiger partial charge on any atom is -0.456 e. The van der Waals surface area contributed by atoms with Crippen molar-refractivity contribution < 1.29 is 4.42 Å². The number of nitrogens with zero attached hydrogens (tertiary/aromatic N) is 1. The number of anilines is 2. The third kappa shape index (κ3) is 4.60. The van der Waals surface area contributed by atoms with Crippen LogP contribution < -0.4 is 16.2 Å². The van der Waals surface area contributed by atoms with Crippen molar-refractivity contribution in [3.63, 3.8) is 0 Å². The van der Waals surface area contributed by atoms with Crippen LogP contribution in [0, 0.1) is 0 Å². The molecule has 1 N–H and O–H groups in total. The first kappa shape index (κ1) is 31.0. The van der Waals surface area contributed by atoms with E-state index in [0.717, 1.165) is 27.9 Å². The van der Waals surface area contributed by atoms with Crippen molar-refractivity contribution in [2.45, 2.75) is 52.4 Å². The van der Waals surface area contributed by atoms with Gasteiger partial charge in [0.2, 0.25) is 0 Å². The van der Waals surface area contributed by atoms with Crippen LogP contribution in [0.1, 0.15) is 52.7 Å². The van der Waals surface area contributed by atoms with Crippen LogP contribution in [0.15, 0.2) is 132 Å². The normalized spacial score (nSPS) is 13.0. The standard InChI is InChI=1S/C48H40BN2O/c1-47(2,3)29-16-19-31(20-17-29)50-37-23-15-28-11-7-8-12-32(28)42(37)34-21-22-35-43-39(25-26-41-44(43)33-13-9-10-14-40(33)52-41)51-38-24-18-30(48(4,5)6)27-36(38)49-45(34)46(35)51/h7-27,50H,1-6H3. The summed E-state index contributed by atoms with van der Waals surface area (Å²) in [5.41, 5.74) is 15.3. The van der Waals surface area contributed by atoms with Crippen molar-refractivity contribution in [3.8, 4) is 16.8 Å². The molecule has 3 nitrogen and oxygen atoms in total. The van der Waals surface area contributed by atoms with Crippen LogP contribution in [0.4, 0.5) is 11.4 Å². The van der Waals surface area contributed by atoms with Gasteiger partial charge in [-0.25, -0.2) is 0 Å². The number of hydrogen-bond donors (Lipinski definition) is 1. The highest BCUT2D eigenvalue weighted by molar-refractivity contribution is 6.73. The maximum atomic E-state index is 6.43. The van der Waals surface area contributed by atoms with E-state index in [9.17, 15) is 0 Å². The number of hydrogen-bond acceptors (Lipinski definition) is 2. The lowest BCUT2D eigenvalue weighted by Gasteiger charge is -2.27. The number of para-hydroxylation sites is 1. The van der Waals surface area contributed by atoms with Crippen molar-refractivity contribution in [2.75, 3.05) is 5.32 Å². The van der Waals surface area contributed by atoms with Gasteiger partial charge in [0.25, 0.3) is 0 Å². The first-order valence-corrected chi connectivity index (χ1v) is 18.4. The van der Waals surface area contributed by atoms with Gasteiger partial charge in [-0.15, -0.1) is 0 Å². The number of fused-ring (bicyclic) bond motifs is 10. The topological polar surface area (TPSA) is 30.1 Å². The minimum absolute atomic E-state index is 0.0217. The largest absolute Gasteiger partial charge is 0.456 e. The van der Waals surface area contributed by atoms with E-state index >= 15 is 0 Å². The summed E-state index contributed by atoms with van der Waals surface area (Å²) in [5.74, 6) is 0. The molecule has 1 aliphatic heterocycles. The quantitative estimate of drug-likeness (QED) is 0.190. The van der Waals surface area contributed by atoms with Crippen molar-refractivity contribution in [1.29, 1.82) is 0 Å². The fourth-order valence-corrected chi connectivity index (χ4v) is 8.42. The molecular formula is C48H40BN2O. The van der Waals surface area contributed by atoms with Crippen LogP contribution in [0.5, 0.6) is 0 Å². The Morgan fingerprint density at radius 3 is 2.12 bits per heavy atom. The predicted octanol–water partition coefficient (Wildman–Crippen LogP) is 11.8. The monoisotopic (exact) mass is 671 g/mol. The molecule has 0 aliphatic carbocycles. The van der Waals surface area contributed by atoms with Gasteiger partial charge in [-0.05, 0) is 86.2 Å². The maximum Gasteiger partial charge on any atom is 0.197 e. The molecule has 4 heteroatoms. The van der Waals surface area contributed by atoms with Crippen LogP contribution >= 0.6 is 0 Å². The molecule has 1 radical (unpaired) electrons. The second-order valence-electron chi connectivity index (χ2n) is 16.5. The van der Waals surface area contributed by atoms with Crippen molar-refractivity contribution in [1.82, 2.24) is 4.57 Å². The van der Waals surface area contributed by atoms with E-state index in [1.54, 1.807) is 0 Å². The lowest BCUT2D eigenvalue weighted by Crippen LogP contribution is -2.38. The predicted molar refractivity (Wildman–Crippen MR) is 223 cm³/mol. The Morgan fingerprint density at radius 2 is 1.33 bits per heavy atom. The van der Waals surface area contributed by atoms with Gasteiger partial charge >= 0.3 is 0 Å². The van der Waals surface area contributed by atoms with E-state index in [0.29, 0.717) is 0 Å². The second-order valence-corrected chi connectivity index (χ2v) is 16.5. The highest BCUT2D eigenvalue weighted by atomic mass is 16.3. The molecule has 3 heterocycles. The summed E-state index contributed by atoms with van der Waals surface area (Å²) in [6.07, 6.45) is 0. The molecule has 0 unspecified atom stereocenters. The van der Waals surface area contributed by atoms with Crippen molar-refractivity contribution >= 4 is 84.1 Å². The number of nitrogens with one attached hydrogen (secondary N) is 1. The minimum atomic E-state index is 0.0217. The number of benzene rings is 7. The van der Waals surface area contributed by atoms with Gasteiger partial charge in [0, 0.05) is 49.7 Å². The highest BCUT2D eigenvalue weighted by Gasteiger charge is 2.29. The Morgan fingerprint density at radius 1 is 0.596 bits per heavy atom. The molecule has 0 saturated carbocycles. The molecule has 0 fully saturated rings. The zero-order chi connectivity index (χ0) is 35.5. The van der Waals surface area contributed by atoms with Crippen LogP contribution in [-0.2, 0) is 10.8 Å². The zero-order valence-electron chi connectivity index (χ0n) is 30.6. The second kappa shape index (κ2) is 10.9. The molecule has 0 bridgehead atoms. The molecule has 2 aromatic heterocycles. The van der Waals surface area contributed by atoms with Gasteiger partial charge in [0.1, 0.15) is 11.2 Å². The molecule has 7 aromatic carbocycles. The number of furan rings is 1. The Kier molecular flexibility index (Phi) is 6.50. The van der Waals surface area contributed by atoms with Gasteiger partial charge in [0.05, 0.1) is 5.52 Å². The van der Waals surface area contributed by atoms with E-state index in [1.807, 2.05) is 0 Å². The van der Waals surface area contributed by atoms with E-state index in [1.165, 1.54) is 76.8 Å². The van der Waals surface area contributed by atoms with Crippen molar-refractivity contribution in [3.05, 3.63) is 139 Å². The van der Waals surface area contributed by atoms with Crippen LogP contribution in [0.3, 0.4) is 0 Å². The average molecular weight is 672 g/mol. The maximum absolute atomic E-state index is 6.43. The average Bonchev–Trinajstić information content (AvgIpc) is 3.68. The number of aromatic nitrogens is 1. The Hall–Kier alpha value is -5.74. The molecule has 0 amide bonds. The molecule has 251 valence electrons. The Labute approximate surface area is 305 Å². The highest BCUT2D eigenvalue weighted by Crippen LogP contribution is 2.44. The lowest BCUT2D eigenvalue weighted by molar-refractivity contribution is 0.590. The van der Waals surface area contributed by atoms with Crippen LogP contribution in [-0.4, -0.2) is 11.8 Å². The molecule has 0 atom stereocenters. The SMILES string of the molecule is CC(C)(C)c1ccc(Nc2ccc3ccccc3c2-c2ccc3c4c5c(ccc4n4c3c2[B]c2cc(C(C)(C)C)ccc2-4)oc2ccccc25)cc1. The third-order valence-corrected chi connectivity index (χ3v) is 11.1. The molecule has 0 saturated heterocycles. The zero-order valence-corrected chi connectivity index (χ0v) is 30.6. The summed E-state index contributed by atoms with van der Waals surface area (Å²) in [4.78, 5) is 0. The molecule has 52 heavy (non-hydrogen) atoms. The molecule has 1 aliphatic rings.